The van der Waals surface area contributed by atoms with Crippen LogP contribution in [0.25, 0.3) is 56.2 Å². The van der Waals surface area contributed by atoms with Crippen LogP contribution in [-0.2, 0) is 13.6 Å². The summed E-state index contributed by atoms with van der Waals surface area (Å²) in [6.45, 7) is 1.12. The van der Waals surface area contributed by atoms with Gasteiger partial charge in [0.2, 0.25) is 0 Å². The fraction of sp³-hybridized carbons (Fsp3) is 0.324. The predicted octanol–water partition coefficient (Wildman–Crippen LogP) is 4.53. The lowest BCUT2D eigenvalue weighted by Crippen LogP contribution is -2.50. The minimum atomic E-state index is -1.15. The van der Waals surface area contributed by atoms with Crippen LogP contribution in [0.1, 0.15) is 29.6 Å². The Hall–Kier alpha value is -5.30. The maximum atomic E-state index is 14.3. The lowest BCUT2D eigenvalue weighted by atomic mass is 10.0. The van der Waals surface area contributed by atoms with Gasteiger partial charge in [-0.15, -0.1) is 0 Å². The first kappa shape index (κ1) is 29.1. The number of halogens is 1. The molecule has 0 spiro atoms. The number of likely N-dealkylation sites (tertiary alicyclic amines) is 1. The van der Waals surface area contributed by atoms with E-state index in [4.69, 9.17) is 20.4 Å². The van der Waals surface area contributed by atoms with E-state index in [0.717, 1.165) is 64.3 Å². The number of pyridine rings is 1. The number of ether oxygens (including phenoxy) is 1. The van der Waals surface area contributed by atoms with Crippen molar-refractivity contribution in [1.29, 1.82) is 0 Å². The summed E-state index contributed by atoms with van der Waals surface area (Å²) in [5.74, 6) is 1.26. The molecule has 1 saturated carbocycles. The molecular weight excluding hydrogens is 603 g/mol. The van der Waals surface area contributed by atoms with Crippen molar-refractivity contribution in [1.82, 2.24) is 34.1 Å². The quantitative estimate of drug-likeness (QED) is 0.260. The highest BCUT2D eigenvalue weighted by atomic mass is 19.1. The van der Waals surface area contributed by atoms with Crippen LogP contribution in [0.15, 0.2) is 63.9 Å². The summed E-state index contributed by atoms with van der Waals surface area (Å²) < 4.78 is 28.9. The van der Waals surface area contributed by atoms with Gasteiger partial charge in [0.25, 0.3) is 5.91 Å². The van der Waals surface area contributed by atoms with Crippen molar-refractivity contribution in [3.63, 3.8) is 0 Å². The molecule has 2 aliphatic rings. The molecule has 1 amide bonds. The van der Waals surface area contributed by atoms with Gasteiger partial charge < -0.3 is 24.5 Å². The van der Waals surface area contributed by atoms with Gasteiger partial charge in [-0.3, -0.25) is 14.3 Å². The van der Waals surface area contributed by atoms with E-state index in [9.17, 15) is 14.0 Å². The standard InChI is InChI=1S/C34H33FN8O4/c1-41-29-26(11-22(13-28(29)46-2)33(44)42-16-23(35)14-24(36)17-42)38-32(41)27-12-21-9-10-25(37-31(21)43(27)15-18-3-4-18)19-5-7-20(8-6-19)30-39-34(45)47-40-30/h5-13,18,23-24H,3-4,14-17,36H2,1-2H3,(H,39,40,45)/t23-,24-/m1/s1. The lowest BCUT2D eigenvalue weighted by molar-refractivity contribution is 0.0606. The molecule has 2 atom stereocenters. The molecule has 240 valence electrons. The average molecular weight is 637 g/mol. The minimum absolute atomic E-state index is 0.0171. The number of H-pyrrole nitrogens is 1. The number of nitrogens with one attached hydrogen (secondary N) is 1. The zero-order valence-corrected chi connectivity index (χ0v) is 25.9. The summed E-state index contributed by atoms with van der Waals surface area (Å²) in [7, 11) is 3.50. The summed E-state index contributed by atoms with van der Waals surface area (Å²) in [5, 5.41) is 4.75. The Balaban J connectivity index is 1.20. The number of piperidine rings is 1. The first-order valence-electron chi connectivity index (χ1n) is 15.7. The van der Waals surface area contributed by atoms with Gasteiger partial charge in [-0.25, -0.2) is 19.2 Å². The van der Waals surface area contributed by atoms with Crippen LogP contribution >= 0.6 is 0 Å². The third kappa shape index (κ3) is 5.26. The van der Waals surface area contributed by atoms with Crippen LogP contribution in [0.2, 0.25) is 0 Å². The highest BCUT2D eigenvalue weighted by Gasteiger charge is 2.30. The van der Waals surface area contributed by atoms with Gasteiger partial charge in [0.1, 0.15) is 23.1 Å². The second-order valence-corrected chi connectivity index (χ2v) is 12.6. The van der Waals surface area contributed by atoms with Crippen LogP contribution in [0.4, 0.5) is 4.39 Å². The van der Waals surface area contributed by atoms with Gasteiger partial charge in [-0.1, -0.05) is 29.4 Å². The maximum Gasteiger partial charge on any atom is 0.439 e. The number of nitrogens with two attached hydrogens (primary N) is 1. The van der Waals surface area contributed by atoms with Crippen molar-refractivity contribution >= 4 is 28.0 Å². The summed E-state index contributed by atoms with van der Waals surface area (Å²) >= 11 is 0. The number of aromatic nitrogens is 6. The van der Waals surface area contributed by atoms with Crippen molar-refractivity contribution in [2.24, 2.45) is 18.7 Å². The van der Waals surface area contributed by atoms with Gasteiger partial charge in [0.05, 0.1) is 30.6 Å². The Labute approximate surface area is 267 Å². The van der Waals surface area contributed by atoms with E-state index in [1.165, 1.54) is 4.90 Å². The van der Waals surface area contributed by atoms with Gasteiger partial charge in [-0.05, 0) is 55.5 Å². The molecule has 1 saturated heterocycles. The topological polar surface area (TPSA) is 150 Å². The van der Waals surface area contributed by atoms with E-state index < -0.39 is 18.0 Å². The Kier molecular flexibility index (Phi) is 6.94. The van der Waals surface area contributed by atoms with Crippen molar-refractivity contribution in [3.05, 3.63) is 70.7 Å². The average Bonchev–Trinajstić information content (AvgIpc) is 3.53. The van der Waals surface area contributed by atoms with Crippen LogP contribution < -0.4 is 16.2 Å². The van der Waals surface area contributed by atoms with E-state index in [1.54, 1.807) is 19.2 Å². The SMILES string of the molecule is COc1cc(C(=O)N2C[C@H](N)C[C@@H](F)C2)cc2nc(-c3cc4ccc(-c5ccc(-c6noc(=O)[nH]6)cc5)nc4n3CC3CC3)n(C)c12. The monoisotopic (exact) mass is 636 g/mol. The molecule has 3 N–H and O–H groups in total. The first-order chi connectivity index (χ1) is 22.7. The molecule has 2 fully saturated rings. The number of imidazole rings is 1. The number of aryl methyl sites for hydroxylation is 1. The second kappa shape index (κ2) is 11.2. The van der Waals surface area contributed by atoms with E-state index in [0.29, 0.717) is 35.1 Å². The molecule has 1 aliphatic heterocycles. The third-order valence-corrected chi connectivity index (χ3v) is 9.13. The smallest absolute Gasteiger partial charge is 0.439 e. The van der Waals surface area contributed by atoms with Crippen molar-refractivity contribution < 1.29 is 18.4 Å². The summed E-state index contributed by atoms with van der Waals surface area (Å²) in [4.78, 5) is 39.1. The zero-order chi connectivity index (χ0) is 32.4. The van der Waals surface area contributed by atoms with E-state index in [1.807, 2.05) is 41.9 Å². The molecule has 0 radical (unpaired) electrons. The molecule has 12 nitrogen and oxygen atoms in total. The van der Waals surface area contributed by atoms with E-state index in [2.05, 4.69) is 31.4 Å². The van der Waals surface area contributed by atoms with Crippen LogP contribution in [-0.4, -0.2) is 72.5 Å². The molecule has 5 heterocycles. The van der Waals surface area contributed by atoms with Gasteiger partial charge in [0.15, 0.2) is 11.6 Å². The van der Waals surface area contributed by atoms with Crippen LogP contribution in [0.3, 0.4) is 0 Å². The number of aromatic amines is 1. The first-order valence-corrected chi connectivity index (χ1v) is 15.7. The number of methoxy groups -OCH3 is 1. The number of hydrogen-bond acceptors (Lipinski definition) is 8. The number of carbonyl (C=O) groups excluding carboxylic acids is 1. The zero-order valence-electron chi connectivity index (χ0n) is 25.9. The Morgan fingerprint density at radius 2 is 1.87 bits per heavy atom. The Morgan fingerprint density at radius 3 is 2.57 bits per heavy atom. The van der Waals surface area contributed by atoms with Crippen LogP contribution in [0.5, 0.6) is 5.75 Å². The van der Waals surface area contributed by atoms with Gasteiger partial charge in [-0.2, -0.15) is 0 Å². The van der Waals surface area contributed by atoms with Gasteiger partial charge >= 0.3 is 5.76 Å². The summed E-state index contributed by atoms with van der Waals surface area (Å²) in [5.41, 5.74) is 12.0. The second-order valence-electron chi connectivity index (χ2n) is 12.6. The Morgan fingerprint density at radius 1 is 1.09 bits per heavy atom. The molecule has 0 bridgehead atoms. The number of hydrogen-bond donors (Lipinski definition) is 2. The molecule has 6 aromatic rings. The fourth-order valence-corrected chi connectivity index (χ4v) is 6.61. The number of nitrogens with zero attached hydrogens (tertiary/aromatic N) is 6. The largest absolute Gasteiger partial charge is 0.494 e. The predicted molar refractivity (Wildman–Crippen MR) is 174 cm³/mol. The lowest BCUT2D eigenvalue weighted by Gasteiger charge is -2.33. The van der Waals surface area contributed by atoms with Crippen molar-refractivity contribution in [2.45, 2.75) is 38.0 Å². The molecular formula is C34H33FN8O4. The number of benzene rings is 2. The van der Waals surface area contributed by atoms with E-state index >= 15 is 0 Å². The number of alkyl halides is 1. The minimum Gasteiger partial charge on any atom is -0.494 e. The molecule has 47 heavy (non-hydrogen) atoms. The highest BCUT2D eigenvalue weighted by Crippen LogP contribution is 2.38. The van der Waals surface area contributed by atoms with Crippen LogP contribution in [0, 0.1) is 5.92 Å². The molecule has 13 heteroatoms. The maximum absolute atomic E-state index is 14.3. The summed E-state index contributed by atoms with van der Waals surface area (Å²) in [6.07, 6.45) is 1.42. The highest BCUT2D eigenvalue weighted by molar-refractivity contribution is 6.00. The number of carbonyl (C=O) groups is 1. The van der Waals surface area contributed by atoms with Gasteiger partial charge in [0, 0.05) is 48.3 Å². The number of fused-ring (bicyclic) bond motifs is 2. The molecule has 1 aliphatic carbocycles. The van der Waals surface area contributed by atoms with Crippen molar-refractivity contribution in [2.75, 3.05) is 20.2 Å². The summed E-state index contributed by atoms with van der Waals surface area (Å²) in [6, 6.07) is 16.8. The van der Waals surface area contributed by atoms with Crippen molar-refractivity contribution in [3.8, 4) is 39.9 Å². The Bertz CT molecular complexity index is 2200. The third-order valence-electron chi connectivity index (χ3n) is 9.13. The molecule has 4 aromatic heterocycles. The number of amides is 1. The fourth-order valence-electron chi connectivity index (χ4n) is 6.61. The normalized spacial score (nSPS) is 18.3. The molecule has 8 rings (SSSR count). The molecule has 0 unspecified atom stereocenters. The van der Waals surface area contributed by atoms with E-state index in [-0.39, 0.29) is 18.9 Å². The number of rotatable bonds is 7. The molecule has 2 aromatic carbocycles.